The summed E-state index contributed by atoms with van der Waals surface area (Å²) in [5, 5.41) is 1.15. The molecule has 1 aromatic heterocycles. The molecule has 0 saturated heterocycles. The Morgan fingerprint density at radius 1 is 1.47 bits per heavy atom. The van der Waals surface area contributed by atoms with Crippen LogP contribution in [0.2, 0.25) is 5.02 Å². The molecule has 2 aromatic rings. The third-order valence-electron chi connectivity index (χ3n) is 1.75. The average Bonchev–Trinajstić information content (AvgIpc) is 2.44. The average molecular weight is 250 g/mol. The van der Waals surface area contributed by atoms with Crippen molar-refractivity contribution in [2.24, 2.45) is 0 Å². The highest BCUT2D eigenvalue weighted by Gasteiger charge is 2.12. The number of rotatable bonds is 2. The molecule has 0 spiro atoms. The number of aryl methyl sites for hydroxylation is 1. The Morgan fingerprint density at radius 2 is 2.20 bits per heavy atom. The second kappa shape index (κ2) is 3.90. The minimum atomic E-state index is -2.87. The molecule has 0 aliphatic rings. The van der Waals surface area contributed by atoms with Gasteiger partial charge in [0, 0.05) is 11.1 Å². The van der Waals surface area contributed by atoms with Gasteiger partial charge in [-0.3, -0.25) is 0 Å². The molecular weight excluding hydrogens is 244 g/mol. The lowest BCUT2D eigenvalue weighted by molar-refractivity contribution is -0.0489. The van der Waals surface area contributed by atoms with Crippen molar-refractivity contribution in [1.82, 2.24) is 4.98 Å². The Kier molecular flexibility index (Phi) is 2.75. The molecule has 0 atom stereocenters. The molecule has 0 unspecified atom stereocenters. The van der Waals surface area contributed by atoms with Gasteiger partial charge in [-0.05, 0) is 13.0 Å². The van der Waals surface area contributed by atoms with Gasteiger partial charge in [-0.1, -0.05) is 11.6 Å². The molecular formula is C9H6ClF2NOS. The Labute approximate surface area is 93.5 Å². The molecule has 0 radical (unpaired) electrons. The van der Waals surface area contributed by atoms with E-state index >= 15 is 0 Å². The molecule has 0 amide bonds. The van der Waals surface area contributed by atoms with Crippen molar-refractivity contribution < 1.29 is 13.5 Å². The number of ether oxygens (including phenoxy) is 1. The second-order valence-corrected chi connectivity index (χ2v) is 4.53. The first-order valence-electron chi connectivity index (χ1n) is 4.08. The van der Waals surface area contributed by atoms with Crippen LogP contribution in [-0.4, -0.2) is 11.6 Å². The largest absolute Gasteiger partial charge is 0.432 e. The van der Waals surface area contributed by atoms with Crippen molar-refractivity contribution in [1.29, 1.82) is 0 Å². The lowest BCUT2D eigenvalue weighted by atomic mass is 10.3. The van der Waals surface area contributed by atoms with Crippen molar-refractivity contribution >= 4 is 33.2 Å². The summed E-state index contributed by atoms with van der Waals surface area (Å²) in [7, 11) is 0. The van der Waals surface area contributed by atoms with Gasteiger partial charge in [0.15, 0.2) is 5.75 Å². The predicted molar refractivity (Wildman–Crippen MR) is 56.0 cm³/mol. The summed E-state index contributed by atoms with van der Waals surface area (Å²) in [6.45, 7) is -1.07. The Morgan fingerprint density at radius 3 is 2.87 bits per heavy atom. The molecule has 6 heteroatoms. The summed E-state index contributed by atoms with van der Waals surface area (Å²) >= 11 is 7.16. The predicted octanol–water partition coefficient (Wildman–Crippen LogP) is 3.86. The van der Waals surface area contributed by atoms with Crippen LogP contribution in [0, 0.1) is 6.92 Å². The Hall–Kier alpha value is -0.940. The molecule has 2 rings (SSSR count). The fraction of sp³-hybridized carbons (Fsp3) is 0.222. The van der Waals surface area contributed by atoms with Crippen LogP contribution in [0.15, 0.2) is 12.1 Å². The van der Waals surface area contributed by atoms with Crippen LogP contribution in [0.4, 0.5) is 8.78 Å². The van der Waals surface area contributed by atoms with Crippen LogP contribution in [0.5, 0.6) is 5.75 Å². The van der Waals surface area contributed by atoms with Crippen molar-refractivity contribution in [2.45, 2.75) is 13.5 Å². The normalized spacial score (nSPS) is 11.3. The van der Waals surface area contributed by atoms with Crippen molar-refractivity contribution in [2.75, 3.05) is 0 Å². The first-order chi connectivity index (χ1) is 7.06. The molecule has 0 N–H and O–H groups in total. The van der Waals surface area contributed by atoms with E-state index in [1.165, 1.54) is 17.4 Å². The number of nitrogens with zero attached hydrogens (tertiary/aromatic N) is 1. The maximum absolute atomic E-state index is 12.1. The fourth-order valence-corrected chi connectivity index (χ4v) is 2.42. The van der Waals surface area contributed by atoms with Crippen LogP contribution < -0.4 is 4.74 Å². The SMILES string of the molecule is Cc1nc2c(OC(F)F)cc(Cl)cc2s1. The van der Waals surface area contributed by atoms with Crippen molar-refractivity contribution in [3.8, 4) is 5.75 Å². The van der Waals surface area contributed by atoms with Crippen LogP contribution in [0.25, 0.3) is 10.2 Å². The molecule has 0 aliphatic heterocycles. The number of thiazole rings is 1. The molecule has 0 fully saturated rings. The molecule has 2 nitrogen and oxygen atoms in total. The molecule has 1 aromatic carbocycles. The number of halogens is 3. The van der Waals surface area contributed by atoms with E-state index in [4.69, 9.17) is 11.6 Å². The number of benzene rings is 1. The lowest BCUT2D eigenvalue weighted by Gasteiger charge is -2.04. The zero-order chi connectivity index (χ0) is 11.0. The quantitative estimate of drug-likeness (QED) is 0.806. The Bertz CT molecular complexity index is 500. The van der Waals surface area contributed by atoms with Gasteiger partial charge < -0.3 is 4.74 Å². The van der Waals surface area contributed by atoms with Gasteiger partial charge in [0.25, 0.3) is 0 Å². The number of hydrogen-bond donors (Lipinski definition) is 0. The monoisotopic (exact) mass is 249 g/mol. The standard InChI is InChI=1S/C9H6ClF2NOS/c1-4-13-8-6(14-9(11)12)2-5(10)3-7(8)15-4/h2-3,9H,1H3. The van der Waals surface area contributed by atoms with E-state index in [0.29, 0.717) is 10.5 Å². The highest BCUT2D eigenvalue weighted by Crippen LogP contribution is 2.33. The van der Waals surface area contributed by atoms with E-state index < -0.39 is 6.61 Å². The minimum Gasteiger partial charge on any atom is -0.432 e. The maximum Gasteiger partial charge on any atom is 0.387 e. The first-order valence-corrected chi connectivity index (χ1v) is 5.27. The molecule has 15 heavy (non-hydrogen) atoms. The van der Waals surface area contributed by atoms with E-state index in [0.717, 1.165) is 9.71 Å². The van der Waals surface area contributed by atoms with Crippen LogP contribution in [0.1, 0.15) is 5.01 Å². The van der Waals surface area contributed by atoms with E-state index in [1.807, 2.05) is 0 Å². The summed E-state index contributed by atoms with van der Waals surface area (Å²) < 4.78 is 29.3. The van der Waals surface area contributed by atoms with Gasteiger partial charge >= 0.3 is 6.61 Å². The van der Waals surface area contributed by atoms with Gasteiger partial charge in [0.1, 0.15) is 5.52 Å². The van der Waals surface area contributed by atoms with Crippen molar-refractivity contribution in [3.63, 3.8) is 0 Å². The zero-order valence-corrected chi connectivity index (χ0v) is 9.20. The van der Waals surface area contributed by atoms with Crippen LogP contribution in [0.3, 0.4) is 0 Å². The highest BCUT2D eigenvalue weighted by molar-refractivity contribution is 7.18. The van der Waals surface area contributed by atoms with Gasteiger partial charge in [0.2, 0.25) is 0 Å². The minimum absolute atomic E-state index is 0.0249. The van der Waals surface area contributed by atoms with Crippen LogP contribution >= 0.6 is 22.9 Å². The topological polar surface area (TPSA) is 22.1 Å². The van der Waals surface area contributed by atoms with Gasteiger partial charge in [-0.15, -0.1) is 11.3 Å². The van der Waals surface area contributed by atoms with E-state index in [9.17, 15) is 8.78 Å². The van der Waals surface area contributed by atoms with E-state index in [-0.39, 0.29) is 5.75 Å². The Balaban J connectivity index is 2.59. The molecule has 80 valence electrons. The second-order valence-electron chi connectivity index (χ2n) is 2.86. The lowest BCUT2D eigenvalue weighted by Crippen LogP contribution is -2.02. The van der Waals surface area contributed by atoms with Crippen molar-refractivity contribution in [3.05, 3.63) is 22.2 Å². The summed E-state index contributed by atoms with van der Waals surface area (Å²) in [6.07, 6.45) is 0. The highest BCUT2D eigenvalue weighted by atomic mass is 35.5. The molecule has 0 bridgehead atoms. The summed E-state index contributed by atoms with van der Waals surface area (Å²) in [5.41, 5.74) is 0.433. The zero-order valence-electron chi connectivity index (χ0n) is 7.63. The molecule has 0 saturated carbocycles. The first kappa shape index (κ1) is 10.6. The number of alkyl halides is 2. The number of fused-ring (bicyclic) bond motifs is 1. The third kappa shape index (κ3) is 2.18. The summed E-state index contributed by atoms with van der Waals surface area (Å²) in [6, 6.07) is 3.02. The van der Waals surface area contributed by atoms with Gasteiger partial charge in [-0.25, -0.2) is 4.98 Å². The van der Waals surface area contributed by atoms with E-state index in [1.54, 1.807) is 13.0 Å². The van der Waals surface area contributed by atoms with Gasteiger partial charge in [-0.2, -0.15) is 8.78 Å². The molecule has 1 heterocycles. The van der Waals surface area contributed by atoms with Gasteiger partial charge in [0.05, 0.1) is 9.71 Å². The third-order valence-corrected chi connectivity index (χ3v) is 2.88. The van der Waals surface area contributed by atoms with E-state index in [2.05, 4.69) is 9.72 Å². The summed E-state index contributed by atoms with van der Waals surface area (Å²) in [4.78, 5) is 4.11. The van der Waals surface area contributed by atoms with Crippen LogP contribution in [-0.2, 0) is 0 Å². The number of hydrogen-bond acceptors (Lipinski definition) is 3. The maximum atomic E-state index is 12.1. The smallest absolute Gasteiger partial charge is 0.387 e. The number of aromatic nitrogens is 1. The molecule has 0 aliphatic carbocycles. The summed E-state index contributed by atoms with van der Waals surface area (Å²) in [5.74, 6) is 0.0249. The fourth-order valence-electron chi connectivity index (χ4n) is 1.26.